The first-order valence-electron chi connectivity index (χ1n) is 7.60. The molecule has 0 amide bonds. The second-order valence-electron chi connectivity index (χ2n) is 7.03. The summed E-state index contributed by atoms with van der Waals surface area (Å²) in [6.45, 7) is 8.15. The van der Waals surface area contributed by atoms with Gasteiger partial charge in [0.2, 0.25) is 0 Å². The van der Waals surface area contributed by atoms with Crippen LogP contribution < -0.4 is 5.32 Å². The molecule has 1 aliphatic heterocycles. The Kier molecular flexibility index (Phi) is 3.29. The van der Waals surface area contributed by atoms with Gasteiger partial charge in [0.15, 0.2) is 0 Å². The number of nitrogens with zero attached hydrogens (tertiary/aromatic N) is 1. The Labute approximate surface area is 121 Å². The summed E-state index contributed by atoms with van der Waals surface area (Å²) in [4.78, 5) is 4.86. The van der Waals surface area contributed by atoms with Gasteiger partial charge in [-0.05, 0) is 36.9 Å². The lowest BCUT2D eigenvalue weighted by Gasteiger charge is -2.42. The van der Waals surface area contributed by atoms with Crippen LogP contribution in [-0.2, 0) is 6.42 Å². The van der Waals surface area contributed by atoms with Crippen molar-refractivity contribution in [3.8, 4) is 0 Å². The summed E-state index contributed by atoms with van der Waals surface area (Å²) in [5.74, 6) is 0. The van der Waals surface area contributed by atoms with Crippen molar-refractivity contribution in [2.45, 2.75) is 45.6 Å². The Balaban J connectivity index is 1.95. The Morgan fingerprint density at radius 3 is 2.65 bits per heavy atom. The van der Waals surface area contributed by atoms with Gasteiger partial charge in [0, 0.05) is 23.0 Å². The Morgan fingerprint density at radius 2 is 1.95 bits per heavy atom. The van der Waals surface area contributed by atoms with Crippen LogP contribution in [0.2, 0.25) is 0 Å². The highest BCUT2D eigenvalue weighted by Gasteiger charge is 2.43. The summed E-state index contributed by atoms with van der Waals surface area (Å²) < 4.78 is 0. The predicted molar refractivity (Wildman–Crippen MR) is 84.9 cm³/mol. The summed E-state index contributed by atoms with van der Waals surface area (Å²) in [6.07, 6.45) is 3.52. The molecule has 2 heterocycles. The maximum Gasteiger partial charge on any atom is 0.0705 e. The number of nitrogens with one attached hydrogen (secondary N) is 1. The number of aromatic nitrogens is 1. The molecule has 0 aliphatic carbocycles. The minimum absolute atomic E-state index is 0.183. The monoisotopic (exact) mass is 268 g/mol. The third-order valence-corrected chi connectivity index (χ3v) is 4.82. The van der Waals surface area contributed by atoms with Crippen LogP contribution in [0.3, 0.4) is 0 Å². The summed E-state index contributed by atoms with van der Waals surface area (Å²) in [6, 6.07) is 12.7. The molecule has 0 radical (unpaired) electrons. The number of rotatable bonds is 2. The lowest BCUT2D eigenvalue weighted by molar-refractivity contribution is 0.158. The lowest BCUT2D eigenvalue weighted by Crippen LogP contribution is -2.52. The molecular weight excluding hydrogens is 244 g/mol. The average molecular weight is 268 g/mol. The first kappa shape index (κ1) is 13.6. The average Bonchev–Trinajstić information content (AvgIpc) is 2.88. The highest BCUT2D eigenvalue weighted by molar-refractivity contribution is 5.78. The molecule has 1 unspecified atom stereocenters. The van der Waals surface area contributed by atoms with Gasteiger partial charge in [0.05, 0.1) is 5.52 Å². The third-order valence-electron chi connectivity index (χ3n) is 4.82. The van der Waals surface area contributed by atoms with E-state index in [0.717, 1.165) is 18.5 Å². The van der Waals surface area contributed by atoms with Crippen LogP contribution in [0, 0.1) is 5.41 Å². The van der Waals surface area contributed by atoms with Gasteiger partial charge >= 0.3 is 0 Å². The van der Waals surface area contributed by atoms with Gasteiger partial charge in [-0.1, -0.05) is 45.0 Å². The fraction of sp³-hybridized carbons (Fsp3) is 0.500. The van der Waals surface area contributed by atoms with Crippen molar-refractivity contribution in [2.75, 3.05) is 6.54 Å². The lowest BCUT2D eigenvalue weighted by atomic mass is 9.70. The second kappa shape index (κ2) is 4.85. The molecule has 20 heavy (non-hydrogen) atoms. The molecule has 0 bridgehead atoms. The molecule has 1 atom stereocenters. The zero-order valence-electron chi connectivity index (χ0n) is 12.7. The topological polar surface area (TPSA) is 24.9 Å². The fourth-order valence-corrected chi connectivity index (χ4v) is 3.38. The second-order valence-corrected chi connectivity index (χ2v) is 7.03. The number of para-hydroxylation sites is 1. The van der Waals surface area contributed by atoms with Crippen molar-refractivity contribution < 1.29 is 0 Å². The van der Waals surface area contributed by atoms with Gasteiger partial charge in [-0.3, -0.25) is 4.98 Å². The van der Waals surface area contributed by atoms with E-state index < -0.39 is 0 Å². The molecule has 0 spiro atoms. The van der Waals surface area contributed by atoms with Gasteiger partial charge in [0.25, 0.3) is 0 Å². The molecule has 1 fully saturated rings. The number of hydrogen-bond acceptors (Lipinski definition) is 2. The van der Waals surface area contributed by atoms with E-state index in [4.69, 9.17) is 4.98 Å². The number of benzene rings is 1. The Morgan fingerprint density at radius 1 is 1.15 bits per heavy atom. The summed E-state index contributed by atoms with van der Waals surface area (Å²) in [5.41, 5.74) is 2.74. The van der Waals surface area contributed by atoms with E-state index in [1.54, 1.807) is 0 Å². The molecule has 0 saturated carbocycles. The van der Waals surface area contributed by atoms with Crippen LogP contribution in [-0.4, -0.2) is 17.1 Å². The molecule has 106 valence electrons. The first-order valence-corrected chi connectivity index (χ1v) is 7.60. The predicted octanol–water partition coefficient (Wildman–Crippen LogP) is 3.95. The fourth-order valence-electron chi connectivity index (χ4n) is 3.38. The minimum atomic E-state index is 0.183. The summed E-state index contributed by atoms with van der Waals surface area (Å²) in [7, 11) is 0. The number of fused-ring (bicyclic) bond motifs is 1. The van der Waals surface area contributed by atoms with Crippen molar-refractivity contribution in [1.82, 2.24) is 10.3 Å². The molecule has 3 rings (SSSR count). The first-order chi connectivity index (χ1) is 9.50. The maximum absolute atomic E-state index is 4.86. The molecule has 1 saturated heterocycles. The van der Waals surface area contributed by atoms with Crippen LogP contribution in [0.15, 0.2) is 36.4 Å². The van der Waals surface area contributed by atoms with Crippen LogP contribution in [0.1, 0.15) is 39.3 Å². The van der Waals surface area contributed by atoms with Gasteiger partial charge < -0.3 is 5.32 Å². The molecule has 2 aromatic rings. The van der Waals surface area contributed by atoms with Crippen LogP contribution in [0.25, 0.3) is 10.9 Å². The van der Waals surface area contributed by atoms with Crippen molar-refractivity contribution in [3.05, 3.63) is 42.1 Å². The van der Waals surface area contributed by atoms with Gasteiger partial charge in [0.1, 0.15) is 0 Å². The SMILES string of the molecule is CC(C)(C)C1(Cc2ccc3ccccc3n2)CCCN1. The van der Waals surface area contributed by atoms with Gasteiger partial charge in [-0.25, -0.2) is 0 Å². The Hall–Kier alpha value is -1.41. The molecule has 2 nitrogen and oxygen atoms in total. The van der Waals surface area contributed by atoms with Gasteiger partial charge in [-0.15, -0.1) is 0 Å². The van der Waals surface area contributed by atoms with E-state index in [-0.39, 0.29) is 11.0 Å². The third kappa shape index (κ3) is 2.33. The molecule has 1 aromatic carbocycles. The van der Waals surface area contributed by atoms with Crippen molar-refractivity contribution >= 4 is 10.9 Å². The van der Waals surface area contributed by atoms with E-state index in [2.05, 4.69) is 62.5 Å². The highest BCUT2D eigenvalue weighted by atomic mass is 15.0. The van der Waals surface area contributed by atoms with Crippen LogP contribution >= 0.6 is 0 Å². The summed E-state index contributed by atoms with van der Waals surface area (Å²) in [5, 5.41) is 4.99. The summed E-state index contributed by atoms with van der Waals surface area (Å²) >= 11 is 0. The van der Waals surface area contributed by atoms with Crippen molar-refractivity contribution in [3.63, 3.8) is 0 Å². The van der Waals surface area contributed by atoms with Crippen molar-refractivity contribution in [2.24, 2.45) is 5.41 Å². The maximum atomic E-state index is 4.86. The van der Waals surface area contributed by atoms with E-state index >= 15 is 0 Å². The van der Waals surface area contributed by atoms with E-state index in [0.29, 0.717) is 0 Å². The van der Waals surface area contributed by atoms with Gasteiger partial charge in [-0.2, -0.15) is 0 Å². The number of pyridine rings is 1. The Bertz CT molecular complexity index is 604. The molecule has 1 aromatic heterocycles. The minimum Gasteiger partial charge on any atom is -0.310 e. The van der Waals surface area contributed by atoms with E-state index in [1.807, 2.05) is 0 Å². The van der Waals surface area contributed by atoms with E-state index in [9.17, 15) is 0 Å². The van der Waals surface area contributed by atoms with Crippen molar-refractivity contribution in [1.29, 1.82) is 0 Å². The van der Waals surface area contributed by atoms with Crippen LogP contribution in [0.4, 0.5) is 0 Å². The zero-order valence-corrected chi connectivity index (χ0v) is 12.7. The quantitative estimate of drug-likeness (QED) is 0.892. The highest BCUT2D eigenvalue weighted by Crippen LogP contribution is 2.39. The zero-order chi connectivity index (χ0) is 14.2. The standard InChI is InChI=1S/C18H24N2/c1-17(2,3)18(11-6-12-19-18)13-15-10-9-14-7-4-5-8-16(14)20-15/h4-5,7-10,19H,6,11-13H2,1-3H3. The molecule has 2 heteroatoms. The van der Waals surface area contributed by atoms with E-state index in [1.165, 1.54) is 23.9 Å². The molecular formula is C18H24N2. The molecule has 1 aliphatic rings. The largest absolute Gasteiger partial charge is 0.310 e. The molecule has 1 N–H and O–H groups in total. The normalized spacial score (nSPS) is 23.4. The number of hydrogen-bond donors (Lipinski definition) is 1. The van der Waals surface area contributed by atoms with Crippen LogP contribution in [0.5, 0.6) is 0 Å². The smallest absolute Gasteiger partial charge is 0.0705 e.